The average molecular weight is 311 g/mol. The van der Waals surface area contributed by atoms with E-state index in [1.807, 2.05) is 38.1 Å². The van der Waals surface area contributed by atoms with Gasteiger partial charge in [0.1, 0.15) is 12.1 Å². The average Bonchev–Trinajstić information content (AvgIpc) is 2.86. The molecular formula is C18H21N3O2. The first-order chi connectivity index (χ1) is 10.8. The molecule has 2 aliphatic rings. The van der Waals surface area contributed by atoms with E-state index in [0.29, 0.717) is 6.42 Å². The van der Waals surface area contributed by atoms with E-state index in [1.54, 1.807) is 18.9 Å². The zero-order valence-corrected chi connectivity index (χ0v) is 13.9. The molecule has 0 bridgehead atoms. The second-order valence-corrected chi connectivity index (χ2v) is 6.93. The molecule has 2 aliphatic heterocycles. The highest BCUT2D eigenvalue weighted by Crippen LogP contribution is 2.51. The van der Waals surface area contributed by atoms with Gasteiger partial charge in [0.2, 0.25) is 11.8 Å². The van der Waals surface area contributed by atoms with Crippen molar-refractivity contribution in [2.75, 3.05) is 7.05 Å². The highest BCUT2D eigenvalue weighted by molar-refractivity contribution is 5.97. The summed E-state index contributed by atoms with van der Waals surface area (Å²) in [5, 5.41) is 9.75. The number of hydrogen-bond donors (Lipinski definition) is 0. The van der Waals surface area contributed by atoms with Crippen LogP contribution in [0.3, 0.4) is 0 Å². The first-order valence-electron chi connectivity index (χ1n) is 7.87. The molecule has 2 heterocycles. The zero-order valence-electron chi connectivity index (χ0n) is 13.9. The second-order valence-electron chi connectivity index (χ2n) is 6.93. The van der Waals surface area contributed by atoms with Crippen molar-refractivity contribution in [2.45, 2.75) is 45.3 Å². The molecule has 0 aliphatic carbocycles. The number of benzene rings is 1. The van der Waals surface area contributed by atoms with Gasteiger partial charge in [0.15, 0.2) is 0 Å². The maximum atomic E-state index is 12.8. The monoisotopic (exact) mass is 311 g/mol. The van der Waals surface area contributed by atoms with Gasteiger partial charge in [0.05, 0.1) is 17.5 Å². The van der Waals surface area contributed by atoms with E-state index in [9.17, 15) is 14.9 Å². The number of amides is 2. The molecule has 0 radical (unpaired) electrons. The summed E-state index contributed by atoms with van der Waals surface area (Å²) < 4.78 is 0. The van der Waals surface area contributed by atoms with E-state index < -0.39 is 17.5 Å². The van der Waals surface area contributed by atoms with E-state index >= 15 is 0 Å². The van der Waals surface area contributed by atoms with Crippen molar-refractivity contribution in [3.63, 3.8) is 0 Å². The van der Waals surface area contributed by atoms with Gasteiger partial charge in [-0.15, -0.1) is 0 Å². The van der Waals surface area contributed by atoms with Crippen LogP contribution in [0.5, 0.6) is 0 Å². The molecule has 0 N–H and O–H groups in total. The van der Waals surface area contributed by atoms with Crippen LogP contribution in [0.25, 0.3) is 0 Å². The molecule has 2 amide bonds. The normalized spacial score (nSPS) is 33.6. The number of nitriles is 1. The third-order valence-corrected chi connectivity index (χ3v) is 5.31. The number of hydrogen-bond acceptors (Lipinski definition) is 3. The van der Waals surface area contributed by atoms with E-state index in [-0.39, 0.29) is 17.9 Å². The molecule has 23 heavy (non-hydrogen) atoms. The molecule has 2 fully saturated rings. The lowest BCUT2D eigenvalue weighted by Crippen LogP contribution is -2.60. The zero-order chi connectivity index (χ0) is 16.9. The van der Waals surface area contributed by atoms with E-state index in [2.05, 4.69) is 6.07 Å². The van der Waals surface area contributed by atoms with Gasteiger partial charge >= 0.3 is 0 Å². The molecule has 120 valence electrons. The highest BCUT2D eigenvalue weighted by atomic mass is 16.2. The van der Waals surface area contributed by atoms with Crippen LogP contribution in [0.2, 0.25) is 0 Å². The van der Waals surface area contributed by atoms with E-state index in [4.69, 9.17) is 0 Å². The molecule has 2 saturated heterocycles. The Morgan fingerprint density at radius 1 is 1.22 bits per heavy atom. The molecule has 4 atom stereocenters. The molecule has 5 nitrogen and oxygen atoms in total. The minimum atomic E-state index is -0.768. The van der Waals surface area contributed by atoms with Crippen LogP contribution in [0.4, 0.5) is 0 Å². The maximum absolute atomic E-state index is 12.8. The van der Waals surface area contributed by atoms with Crippen molar-refractivity contribution >= 4 is 11.8 Å². The number of fused-ring (bicyclic) bond motifs is 1. The van der Waals surface area contributed by atoms with Crippen molar-refractivity contribution < 1.29 is 9.59 Å². The largest absolute Gasteiger partial charge is 0.332 e. The molecule has 3 rings (SSSR count). The first kappa shape index (κ1) is 15.5. The number of nitrogens with zero attached hydrogens (tertiary/aromatic N) is 3. The summed E-state index contributed by atoms with van der Waals surface area (Å²) in [6, 6.07) is 8.82. The predicted octanol–water partition coefficient (Wildman–Crippen LogP) is 2.03. The standard InChI is InChI=1S/C18H21N3O2/c1-11-5-7-13(8-6-11)15-18(3,10-19)9-14-17(23)20(4)12(2)16(22)21(14)15/h5-8,12,14-15H,9H2,1-4H3/t12-,14+,15?,18-/m1/s1. The molecular weight excluding hydrogens is 290 g/mol. The van der Waals surface area contributed by atoms with Gasteiger partial charge in [-0.05, 0) is 32.8 Å². The fourth-order valence-corrected chi connectivity index (χ4v) is 3.78. The Morgan fingerprint density at radius 3 is 2.39 bits per heavy atom. The quantitative estimate of drug-likeness (QED) is 0.797. The number of aryl methyl sites for hydroxylation is 1. The van der Waals surface area contributed by atoms with Gasteiger partial charge < -0.3 is 9.80 Å². The number of likely N-dealkylation sites (N-methyl/N-ethyl adjacent to an activating group) is 1. The smallest absolute Gasteiger partial charge is 0.246 e. The summed E-state index contributed by atoms with van der Waals surface area (Å²) in [6.07, 6.45) is 0.379. The Kier molecular flexibility index (Phi) is 3.44. The van der Waals surface area contributed by atoms with Crippen LogP contribution in [-0.4, -0.2) is 40.7 Å². The lowest BCUT2D eigenvalue weighted by molar-refractivity contribution is -0.159. The van der Waals surface area contributed by atoms with E-state index in [1.165, 1.54) is 4.90 Å². The van der Waals surface area contributed by atoms with Gasteiger partial charge in [-0.25, -0.2) is 0 Å². The Morgan fingerprint density at radius 2 is 1.83 bits per heavy atom. The molecule has 1 aromatic carbocycles. The molecule has 0 saturated carbocycles. The van der Waals surface area contributed by atoms with Crippen molar-refractivity contribution in [2.24, 2.45) is 5.41 Å². The summed E-state index contributed by atoms with van der Waals surface area (Å²) in [5.74, 6) is -0.158. The molecule has 0 spiro atoms. The van der Waals surface area contributed by atoms with Crippen molar-refractivity contribution in [3.05, 3.63) is 35.4 Å². The topological polar surface area (TPSA) is 64.4 Å². The lowest BCUT2D eigenvalue weighted by Gasteiger charge is -2.42. The van der Waals surface area contributed by atoms with Crippen molar-refractivity contribution in [1.82, 2.24) is 9.80 Å². The molecule has 1 unspecified atom stereocenters. The molecule has 5 heteroatoms. The third kappa shape index (κ3) is 2.13. The Labute approximate surface area is 136 Å². The van der Waals surface area contributed by atoms with Crippen LogP contribution in [0, 0.1) is 23.7 Å². The van der Waals surface area contributed by atoms with Gasteiger partial charge in [-0.1, -0.05) is 29.8 Å². The van der Waals surface area contributed by atoms with Gasteiger partial charge in [-0.3, -0.25) is 9.59 Å². The SMILES string of the molecule is Cc1ccc(C2N3C(=O)[C@@H](C)N(C)C(=O)[C@@H]3C[C@]2(C)C#N)cc1. The first-order valence-corrected chi connectivity index (χ1v) is 7.87. The minimum absolute atomic E-state index is 0.0758. The second kappa shape index (κ2) is 5.09. The summed E-state index contributed by atoms with van der Waals surface area (Å²) >= 11 is 0. The highest BCUT2D eigenvalue weighted by Gasteiger charge is 2.58. The lowest BCUT2D eigenvalue weighted by atomic mass is 9.79. The number of piperazine rings is 1. The summed E-state index contributed by atoms with van der Waals surface area (Å²) in [7, 11) is 1.66. The van der Waals surface area contributed by atoms with Crippen molar-refractivity contribution in [3.8, 4) is 6.07 Å². The molecule has 0 aromatic heterocycles. The number of rotatable bonds is 1. The Bertz CT molecular complexity index is 706. The van der Waals surface area contributed by atoms with Crippen LogP contribution in [0.1, 0.15) is 37.4 Å². The Balaban J connectivity index is 2.12. The predicted molar refractivity (Wildman–Crippen MR) is 85.1 cm³/mol. The van der Waals surface area contributed by atoms with Crippen LogP contribution >= 0.6 is 0 Å². The van der Waals surface area contributed by atoms with Crippen LogP contribution in [-0.2, 0) is 9.59 Å². The third-order valence-electron chi connectivity index (χ3n) is 5.31. The summed E-state index contributed by atoms with van der Waals surface area (Å²) in [4.78, 5) is 28.6. The number of carbonyl (C=O) groups excluding carboxylic acids is 2. The fraction of sp³-hybridized carbons (Fsp3) is 0.500. The fourth-order valence-electron chi connectivity index (χ4n) is 3.78. The van der Waals surface area contributed by atoms with Crippen LogP contribution in [0.15, 0.2) is 24.3 Å². The minimum Gasteiger partial charge on any atom is -0.332 e. The van der Waals surface area contributed by atoms with E-state index in [0.717, 1.165) is 11.1 Å². The summed E-state index contributed by atoms with van der Waals surface area (Å²) in [5.41, 5.74) is 1.27. The van der Waals surface area contributed by atoms with Gasteiger partial charge in [-0.2, -0.15) is 5.26 Å². The Hall–Kier alpha value is -2.35. The number of carbonyl (C=O) groups is 2. The maximum Gasteiger partial charge on any atom is 0.246 e. The van der Waals surface area contributed by atoms with Gasteiger partial charge in [0.25, 0.3) is 0 Å². The summed E-state index contributed by atoms with van der Waals surface area (Å²) in [6.45, 7) is 5.59. The van der Waals surface area contributed by atoms with Crippen molar-refractivity contribution in [1.29, 1.82) is 5.26 Å². The molecule has 1 aromatic rings. The van der Waals surface area contributed by atoms with Crippen LogP contribution < -0.4 is 0 Å². The van der Waals surface area contributed by atoms with Gasteiger partial charge in [0, 0.05) is 7.05 Å².